The second-order valence-electron chi connectivity index (χ2n) is 7.50. The SMILES string of the molecule is CCOC(=O)C1=C(c2ccccc2)Nc2nc(=S)[nH]c(N)c2C1c1cc(OC)c(O)c([N+](=O)[O-])c1. The zero-order valence-corrected chi connectivity index (χ0v) is 19.5. The smallest absolute Gasteiger partial charge is 0.337 e. The van der Waals surface area contributed by atoms with E-state index in [2.05, 4.69) is 15.3 Å². The first-order chi connectivity index (χ1) is 16.8. The third-order valence-corrected chi connectivity index (χ3v) is 5.67. The number of aromatic nitrogens is 2. The van der Waals surface area contributed by atoms with E-state index in [-0.39, 0.29) is 39.9 Å². The summed E-state index contributed by atoms with van der Waals surface area (Å²) >= 11 is 5.19. The van der Waals surface area contributed by atoms with E-state index >= 15 is 0 Å². The van der Waals surface area contributed by atoms with Crippen LogP contribution in [0, 0.1) is 14.9 Å². The molecule has 1 aliphatic heterocycles. The lowest BCUT2D eigenvalue weighted by molar-refractivity contribution is -0.386. The molecule has 0 aliphatic carbocycles. The Balaban J connectivity index is 2.12. The first kappa shape index (κ1) is 23.7. The van der Waals surface area contributed by atoms with Crippen molar-refractivity contribution in [3.63, 3.8) is 0 Å². The fraction of sp³-hybridized carbons (Fsp3) is 0.174. The first-order valence-corrected chi connectivity index (χ1v) is 10.9. The molecule has 0 spiro atoms. The standard InChI is InChI=1S/C23H21N5O6S/c1-3-34-22(30)16-15(12-9-13(28(31)32)19(29)14(10-12)33-2)17-20(24)26-23(35)27-21(17)25-18(16)11-7-5-4-6-8-11/h4-10,15,29H,3H2,1-2H3,(H4,24,25,26,27,35). The second kappa shape index (κ2) is 9.43. The summed E-state index contributed by atoms with van der Waals surface area (Å²) in [6, 6.07) is 11.6. The summed E-state index contributed by atoms with van der Waals surface area (Å²) in [6.07, 6.45) is 0. The molecule has 4 rings (SSSR count). The topological polar surface area (TPSA) is 166 Å². The number of esters is 1. The number of hydrogen-bond acceptors (Lipinski definition) is 10. The number of ether oxygens (including phenoxy) is 2. The van der Waals surface area contributed by atoms with E-state index in [1.165, 1.54) is 19.2 Å². The molecule has 1 unspecified atom stereocenters. The number of nitro benzene ring substituents is 1. The number of phenols is 1. The number of nitro groups is 1. The van der Waals surface area contributed by atoms with E-state index in [4.69, 9.17) is 27.4 Å². The number of hydrogen-bond donors (Lipinski definition) is 4. The number of H-pyrrole nitrogens is 1. The summed E-state index contributed by atoms with van der Waals surface area (Å²) in [5.41, 5.74) is 7.46. The monoisotopic (exact) mass is 495 g/mol. The van der Waals surface area contributed by atoms with Gasteiger partial charge in [0.05, 0.1) is 35.8 Å². The van der Waals surface area contributed by atoms with Gasteiger partial charge in [0.15, 0.2) is 10.5 Å². The zero-order valence-electron chi connectivity index (χ0n) is 18.7. The molecule has 0 fully saturated rings. The molecule has 11 nitrogen and oxygen atoms in total. The number of aromatic hydroxyl groups is 1. The van der Waals surface area contributed by atoms with Crippen molar-refractivity contribution in [2.24, 2.45) is 0 Å². The molecule has 1 aromatic heterocycles. The van der Waals surface area contributed by atoms with Crippen molar-refractivity contribution >= 4 is 41.2 Å². The quantitative estimate of drug-likeness (QED) is 0.171. The maximum atomic E-state index is 13.4. The van der Waals surface area contributed by atoms with Gasteiger partial charge in [0.2, 0.25) is 5.75 Å². The minimum absolute atomic E-state index is 0.0913. The summed E-state index contributed by atoms with van der Waals surface area (Å²) < 4.78 is 10.7. The van der Waals surface area contributed by atoms with E-state index in [1.807, 2.05) is 6.07 Å². The highest BCUT2D eigenvalue weighted by Gasteiger charge is 2.39. The van der Waals surface area contributed by atoms with E-state index in [9.17, 15) is 20.0 Å². The fourth-order valence-electron chi connectivity index (χ4n) is 4.03. The highest BCUT2D eigenvalue weighted by atomic mass is 32.1. The van der Waals surface area contributed by atoms with Crippen molar-refractivity contribution in [3.05, 3.63) is 79.6 Å². The lowest BCUT2D eigenvalue weighted by atomic mass is 9.80. The van der Waals surface area contributed by atoms with Gasteiger partial charge in [-0.3, -0.25) is 10.1 Å². The molecule has 3 aromatic rings. The van der Waals surface area contributed by atoms with Gasteiger partial charge in [0, 0.05) is 11.6 Å². The van der Waals surface area contributed by atoms with E-state index < -0.39 is 28.2 Å². The van der Waals surface area contributed by atoms with Crippen LogP contribution >= 0.6 is 12.2 Å². The van der Waals surface area contributed by atoms with Crippen molar-refractivity contribution in [2.75, 3.05) is 24.8 Å². The van der Waals surface area contributed by atoms with E-state index in [0.717, 1.165) is 0 Å². The lowest BCUT2D eigenvalue weighted by Crippen LogP contribution is -2.27. The molecule has 12 heteroatoms. The molecule has 2 aromatic carbocycles. The number of nitrogens with two attached hydrogens (primary N) is 1. The number of phenolic OH excluding ortho intramolecular Hbond substituents is 1. The molecule has 180 valence electrons. The molecule has 1 atom stereocenters. The second-order valence-corrected chi connectivity index (χ2v) is 7.89. The minimum atomic E-state index is -0.979. The number of methoxy groups -OCH3 is 1. The Morgan fingerprint density at radius 3 is 2.66 bits per heavy atom. The van der Waals surface area contributed by atoms with E-state index in [0.29, 0.717) is 16.8 Å². The third-order valence-electron chi connectivity index (χ3n) is 5.48. The number of fused-ring (bicyclic) bond motifs is 1. The number of nitrogens with one attached hydrogen (secondary N) is 2. The molecule has 5 N–H and O–H groups in total. The van der Waals surface area contributed by atoms with Crippen molar-refractivity contribution < 1.29 is 24.3 Å². The molecular formula is C23H21N5O6S. The summed E-state index contributed by atoms with van der Waals surface area (Å²) in [5, 5.41) is 25.2. The van der Waals surface area contributed by atoms with Gasteiger partial charge in [0.25, 0.3) is 0 Å². The Labute approximate surface area is 204 Å². The van der Waals surface area contributed by atoms with Crippen LogP contribution < -0.4 is 15.8 Å². The first-order valence-electron chi connectivity index (χ1n) is 10.5. The summed E-state index contributed by atoms with van der Waals surface area (Å²) in [6.45, 7) is 1.76. The van der Waals surface area contributed by atoms with Gasteiger partial charge in [-0.2, -0.15) is 0 Å². The van der Waals surface area contributed by atoms with Crippen LogP contribution in [-0.4, -0.2) is 39.7 Å². The normalized spacial score (nSPS) is 14.6. The predicted octanol–water partition coefficient (Wildman–Crippen LogP) is 3.88. The number of nitrogen functional groups attached to an aromatic ring is 1. The van der Waals surface area contributed by atoms with Gasteiger partial charge in [-0.15, -0.1) is 0 Å². The maximum absolute atomic E-state index is 13.4. The summed E-state index contributed by atoms with van der Waals surface area (Å²) in [7, 11) is 1.27. The molecule has 0 bridgehead atoms. The molecular weight excluding hydrogens is 474 g/mol. The number of carbonyl (C=O) groups excluding carboxylic acids is 1. The number of nitrogens with zero attached hydrogens (tertiary/aromatic N) is 2. The predicted molar refractivity (Wildman–Crippen MR) is 131 cm³/mol. The summed E-state index contributed by atoms with van der Waals surface area (Å²) in [4.78, 5) is 31.5. The Hall–Kier alpha value is -4.45. The molecule has 0 radical (unpaired) electrons. The molecule has 0 saturated heterocycles. The number of benzene rings is 2. The Morgan fingerprint density at radius 1 is 1.31 bits per heavy atom. The number of anilines is 2. The molecule has 35 heavy (non-hydrogen) atoms. The molecule has 0 saturated carbocycles. The largest absolute Gasteiger partial charge is 0.500 e. The van der Waals surface area contributed by atoms with Crippen LogP contribution in [0.4, 0.5) is 17.3 Å². The van der Waals surface area contributed by atoms with Crippen molar-refractivity contribution in [3.8, 4) is 11.5 Å². The highest BCUT2D eigenvalue weighted by Crippen LogP contribution is 2.49. The van der Waals surface area contributed by atoms with E-state index in [1.54, 1.807) is 31.2 Å². The van der Waals surface area contributed by atoms with Crippen LogP contribution in [0.25, 0.3) is 5.70 Å². The molecule has 1 aliphatic rings. The molecule has 0 amide bonds. The number of carbonyl (C=O) groups is 1. The van der Waals surface area contributed by atoms with Crippen LogP contribution in [0.1, 0.15) is 29.5 Å². The van der Waals surface area contributed by atoms with Crippen LogP contribution in [0.2, 0.25) is 0 Å². The Morgan fingerprint density at radius 2 is 2.03 bits per heavy atom. The van der Waals surface area contributed by atoms with Gasteiger partial charge >= 0.3 is 11.7 Å². The van der Waals surface area contributed by atoms with Gasteiger partial charge in [-0.1, -0.05) is 30.3 Å². The van der Waals surface area contributed by atoms with Crippen LogP contribution in [-0.2, 0) is 9.53 Å². The van der Waals surface area contributed by atoms with Crippen LogP contribution in [0.15, 0.2) is 48.0 Å². The Kier molecular flexibility index (Phi) is 6.38. The van der Waals surface area contributed by atoms with Gasteiger partial charge in [-0.05, 0) is 36.3 Å². The average Bonchev–Trinajstić information content (AvgIpc) is 2.83. The van der Waals surface area contributed by atoms with Crippen LogP contribution in [0.3, 0.4) is 0 Å². The number of rotatable bonds is 6. The number of aromatic amines is 1. The lowest BCUT2D eigenvalue weighted by Gasteiger charge is -2.31. The van der Waals surface area contributed by atoms with Crippen molar-refractivity contribution in [1.29, 1.82) is 0 Å². The fourth-order valence-corrected chi connectivity index (χ4v) is 4.23. The molecule has 2 heterocycles. The average molecular weight is 496 g/mol. The van der Waals surface area contributed by atoms with Gasteiger partial charge in [0.1, 0.15) is 11.6 Å². The van der Waals surface area contributed by atoms with Gasteiger partial charge < -0.3 is 30.6 Å². The van der Waals surface area contributed by atoms with Crippen molar-refractivity contribution in [1.82, 2.24) is 9.97 Å². The van der Waals surface area contributed by atoms with Crippen molar-refractivity contribution in [2.45, 2.75) is 12.8 Å². The van der Waals surface area contributed by atoms with Crippen LogP contribution in [0.5, 0.6) is 11.5 Å². The maximum Gasteiger partial charge on any atom is 0.337 e. The van der Waals surface area contributed by atoms with Gasteiger partial charge in [-0.25, -0.2) is 9.78 Å². The third kappa shape index (κ3) is 4.26. The minimum Gasteiger partial charge on any atom is -0.500 e. The summed E-state index contributed by atoms with van der Waals surface area (Å²) in [5.74, 6) is -2.04. The highest BCUT2D eigenvalue weighted by molar-refractivity contribution is 7.71. The zero-order chi connectivity index (χ0) is 25.3. The Bertz CT molecular complexity index is 1420.